The molecule has 4 aliphatic heterocycles. The van der Waals surface area contributed by atoms with E-state index in [1.54, 1.807) is 16.9 Å². The fourth-order valence-corrected chi connectivity index (χ4v) is 12.5. The number of nitrogens with zero attached hydrogens (tertiary/aromatic N) is 9. The van der Waals surface area contributed by atoms with Crippen molar-refractivity contribution >= 4 is 47.1 Å². The third kappa shape index (κ3) is 11.6. The predicted octanol–water partition coefficient (Wildman–Crippen LogP) is 6.80. The van der Waals surface area contributed by atoms with E-state index in [2.05, 4.69) is 48.6 Å². The number of benzene rings is 2. The standard InChI is InChI=1S/C58H67F2N11O6/c1-3-77-46-31-47(54-43(32-61)34-63-71(54)36-46)41-5-10-51(62-33-41)68-22-18-58(19-23-68,65-55(75)48-30-44(59)6-8-49(48)60)37-66-20-16-57(17-21-66)14-12-40(13-15-57)28-53(74)69-26-24-67(25-27-69)45-7-4-39(2)42(29-45)35-70(38-72)50-9-11-52(73)64-56(50)76/h4-8,10,29-31,33-34,36,38,40,50H,3,9,11-28,35,37H2,1-2H3,(H,65,75)(H,64,73,76). The van der Waals surface area contributed by atoms with Gasteiger partial charge in [0, 0.05) is 88.2 Å². The number of amides is 5. The summed E-state index contributed by atoms with van der Waals surface area (Å²) >= 11 is 0. The van der Waals surface area contributed by atoms with Gasteiger partial charge < -0.3 is 34.6 Å². The van der Waals surface area contributed by atoms with E-state index in [1.807, 2.05) is 43.0 Å². The molecule has 4 saturated heterocycles. The molecule has 1 aliphatic carbocycles. The largest absolute Gasteiger partial charge is 0.492 e. The fourth-order valence-electron chi connectivity index (χ4n) is 12.5. The molecule has 77 heavy (non-hydrogen) atoms. The minimum absolute atomic E-state index is 0.196. The van der Waals surface area contributed by atoms with Gasteiger partial charge >= 0.3 is 0 Å². The van der Waals surface area contributed by atoms with Gasteiger partial charge in [-0.3, -0.25) is 29.3 Å². The molecule has 10 rings (SSSR count). The topological polar surface area (TPSA) is 189 Å². The normalized spacial score (nSPS) is 19.9. The van der Waals surface area contributed by atoms with Crippen LogP contribution in [-0.4, -0.2) is 136 Å². The van der Waals surface area contributed by atoms with Gasteiger partial charge in [-0.15, -0.1) is 0 Å². The monoisotopic (exact) mass is 1050 g/mol. The molecule has 0 radical (unpaired) electrons. The number of imide groups is 1. The first kappa shape index (κ1) is 53.0. The molecule has 1 saturated carbocycles. The van der Waals surface area contributed by atoms with Gasteiger partial charge in [-0.25, -0.2) is 18.3 Å². The quantitative estimate of drug-likeness (QED) is 0.0826. The molecule has 7 heterocycles. The number of piperazine rings is 1. The van der Waals surface area contributed by atoms with Crippen molar-refractivity contribution in [2.75, 3.05) is 75.3 Å². The second-order valence-electron chi connectivity index (χ2n) is 21.9. The van der Waals surface area contributed by atoms with Gasteiger partial charge in [0.05, 0.1) is 41.2 Å². The number of hydrogen-bond acceptors (Lipinski definition) is 12. The molecule has 1 atom stereocenters. The molecule has 1 spiro atoms. The van der Waals surface area contributed by atoms with Gasteiger partial charge in [-0.05, 0) is 156 Å². The molecule has 5 aromatic rings. The van der Waals surface area contributed by atoms with Crippen LogP contribution in [0.15, 0.2) is 73.2 Å². The first-order valence-electron chi connectivity index (χ1n) is 27.2. The van der Waals surface area contributed by atoms with Gasteiger partial charge in [0.1, 0.15) is 35.3 Å². The molecule has 5 aliphatic rings. The number of hydrogen-bond donors (Lipinski definition) is 2. The molecule has 2 N–H and O–H groups in total. The smallest absolute Gasteiger partial charge is 0.254 e. The second-order valence-corrected chi connectivity index (χ2v) is 21.9. The minimum Gasteiger partial charge on any atom is -0.492 e. The summed E-state index contributed by atoms with van der Waals surface area (Å²) in [6.45, 7) is 10.7. The number of nitriles is 1. The summed E-state index contributed by atoms with van der Waals surface area (Å²) in [6.07, 6.45) is 14.1. The molecule has 2 aromatic carbocycles. The van der Waals surface area contributed by atoms with Gasteiger partial charge in [-0.1, -0.05) is 6.07 Å². The highest BCUT2D eigenvalue weighted by molar-refractivity contribution is 6.01. The van der Waals surface area contributed by atoms with Crippen molar-refractivity contribution in [1.82, 2.24) is 39.9 Å². The molecule has 404 valence electrons. The van der Waals surface area contributed by atoms with Crippen molar-refractivity contribution in [3.63, 3.8) is 0 Å². The first-order valence-corrected chi connectivity index (χ1v) is 27.2. The van der Waals surface area contributed by atoms with Crippen molar-refractivity contribution in [2.45, 2.75) is 103 Å². The van der Waals surface area contributed by atoms with E-state index in [0.717, 1.165) is 104 Å². The van der Waals surface area contributed by atoms with Crippen molar-refractivity contribution < 1.29 is 37.5 Å². The maximum absolute atomic E-state index is 15.0. The Kier molecular flexibility index (Phi) is 15.6. The number of halogens is 2. The van der Waals surface area contributed by atoms with E-state index >= 15 is 4.39 Å². The number of likely N-dealkylation sites (tertiary alicyclic amines) is 1. The third-order valence-corrected chi connectivity index (χ3v) is 17.2. The van der Waals surface area contributed by atoms with Crippen LogP contribution in [0.3, 0.4) is 0 Å². The summed E-state index contributed by atoms with van der Waals surface area (Å²) in [5.74, 6) is -0.924. The van der Waals surface area contributed by atoms with Crippen LogP contribution >= 0.6 is 0 Å². The van der Waals surface area contributed by atoms with E-state index in [4.69, 9.17) is 9.72 Å². The van der Waals surface area contributed by atoms with Crippen LogP contribution in [0.1, 0.15) is 105 Å². The third-order valence-electron chi connectivity index (χ3n) is 17.2. The van der Waals surface area contributed by atoms with Crippen LogP contribution in [0, 0.1) is 41.2 Å². The van der Waals surface area contributed by atoms with Gasteiger partial charge in [0.25, 0.3) is 5.91 Å². The number of aromatic nitrogens is 3. The van der Waals surface area contributed by atoms with E-state index in [1.165, 1.54) is 11.1 Å². The lowest BCUT2D eigenvalue weighted by atomic mass is 9.65. The lowest BCUT2D eigenvalue weighted by Crippen LogP contribution is -2.61. The average Bonchev–Trinajstić information content (AvgIpc) is 3.89. The Labute approximate surface area is 447 Å². The summed E-state index contributed by atoms with van der Waals surface area (Å²) in [4.78, 5) is 79.1. The van der Waals surface area contributed by atoms with Crippen molar-refractivity contribution in [3.8, 4) is 22.9 Å². The number of carbonyl (C=O) groups is 5. The van der Waals surface area contributed by atoms with Gasteiger partial charge in [-0.2, -0.15) is 10.4 Å². The summed E-state index contributed by atoms with van der Waals surface area (Å²) in [5.41, 5.74) is 4.80. The Morgan fingerprint density at radius 1 is 0.909 bits per heavy atom. The van der Waals surface area contributed by atoms with Crippen LogP contribution in [0.4, 0.5) is 20.3 Å². The van der Waals surface area contributed by atoms with Crippen LogP contribution in [-0.2, 0) is 25.7 Å². The Morgan fingerprint density at radius 3 is 2.36 bits per heavy atom. The summed E-state index contributed by atoms with van der Waals surface area (Å²) in [6, 6.07) is 16.5. The number of rotatable bonds is 15. The zero-order valence-corrected chi connectivity index (χ0v) is 43.9. The highest BCUT2D eigenvalue weighted by Gasteiger charge is 2.43. The lowest BCUT2D eigenvalue weighted by molar-refractivity contribution is -0.141. The number of carbonyl (C=O) groups excluding carboxylic acids is 5. The SMILES string of the molecule is CCOc1cc(-c2ccc(N3CCC(CN4CCC5(CCC(CC(=O)N6CCN(c7ccc(C)c(CN(C=O)C8CCC(=O)NC8=O)c7)CC6)CC5)CC4)(NC(=O)c4cc(F)ccc4F)CC3)nc2)c2c(C#N)cnn2c1. The number of anilines is 2. The predicted molar refractivity (Wildman–Crippen MR) is 285 cm³/mol. The van der Waals surface area contributed by atoms with Crippen LogP contribution in [0.25, 0.3) is 16.6 Å². The van der Waals surface area contributed by atoms with Crippen molar-refractivity contribution in [1.29, 1.82) is 5.26 Å². The molecule has 5 fully saturated rings. The summed E-state index contributed by atoms with van der Waals surface area (Å²) in [5, 5.41) is 19.8. The number of pyridine rings is 2. The Balaban J connectivity index is 0.722. The highest BCUT2D eigenvalue weighted by Crippen LogP contribution is 2.47. The Bertz CT molecular complexity index is 3050. The molecule has 1 unspecified atom stereocenters. The minimum atomic E-state index is -0.771. The average molecular weight is 1050 g/mol. The molecular formula is C58H67F2N11O6. The Morgan fingerprint density at radius 2 is 1.68 bits per heavy atom. The summed E-state index contributed by atoms with van der Waals surface area (Å²) < 4.78 is 36.8. The van der Waals surface area contributed by atoms with E-state index in [-0.39, 0.29) is 35.8 Å². The first-order chi connectivity index (χ1) is 37.2. The maximum Gasteiger partial charge on any atom is 0.254 e. The zero-order valence-electron chi connectivity index (χ0n) is 43.9. The molecule has 3 aromatic heterocycles. The number of fused-ring (bicyclic) bond motifs is 1. The van der Waals surface area contributed by atoms with E-state index < -0.39 is 35.0 Å². The maximum atomic E-state index is 15.0. The molecule has 0 bridgehead atoms. The van der Waals surface area contributed by atoms with Crippen LogP contribution < -0.4 is 25.2 Å². The van der Waals surface area contributed by atoms with E-state index in [9.17, 15) is 33.6 Å². The molecule has 17 nitrogen and oxygen atoms in total. The van der Waals surface area contributed by atoms with Crippen molar-refractivity contribution in [2.24, 2.45) is 11.3 Å². The van der Waals surface area contributed by atoms with E-state index in [0.29, 0.717) is 107 Å². The van der Waals surface area contributed by atoms with Gasteiger partial charge in [0.2, 0.25) is 24.1 Å². The van der Waals surface area contributed by atoms with Crippen LogP contribution in [0.5, 0.6) is 5.75 Å². The molecule has 19 heteroatoms. The molecule has 5 amide bonds. The Hall–Kier alpha value is -7.46. The fraction of sp³-hybridized carbons (Fsp3) is 0.483. The van der Waals surface area contributed by atoms with Crippen molar-refractivity contribution in [3.05, 3.63) is 107 Å². The zero-order chi connectivity index (χ0) is 53.8. The molecular weight excluding hydrogens is 985 g/mol. The summed E-state index contributed by atoms with van der Waals surface area (Å²) in [7, 11) is 0. The number of ether oxygens (including phenoxy) is 1. The number of aryl methyl sites for hydroxylation is 1. The second kappa shape index (κ2) is 22.6. The number of piperidine rings is 3. The highest BCUT2D eigenvalue weighted by atomic mass is 19.1. The van der Waals surface area contributed by atoms with Gasteiger partial charge in [0.15, 0.2) is 0 Å². The lowest BCUT2D eigenvalue weighted by Gasteiger charge is -2.50. The van der Waals surface area contributed by atoms with Crippen LogP contribution in [0.2, 0.25) is 0 Å². The number of nitrogens with one attached hydrogen (secondary N) is 2.